The first-order valence-corrected chi connectivity index (χ1v) is 34.9. The fourth-order valence-electron chi connectivity index (χ4n) is 13.5. The molecule has 2 atom stereocenters. The maximum atomic E-state index is 6.95. The summed E-state index contributed by atoms with van der Waals surface area (Å²) in [7, 11) is -2.94. The molecule has 75 heavy (non-hydrogen) atoms. The SMILES string of the molecule is CCCCCCCCCCCCCCOP(Oc1ccccc1C1CCCCC1)OC1CCC(C(C)(C)C2CCC(OP(OCCCCCCCCCCCCCC)Oc3ccccc3C3CCCCC3)CC2)CC1. The minimum atomic E-state index is -1.47. The predicted octanol–water partition coefficient (Wildman–Crippen LogP) is 23.3. The molecule has 4 saturated carbocycles. The molecule has 0 bridgehead atoms. The summed E-state index contributed by atoms with van der Waals surface area (Å²) in [6.45, 7) is 11.2. The Kier molecular flexibility index (Phi) is 32.2. The van der Waals surface area contributed by atoms with Gasteiger partial charge in [0.15, 0.2) is 0 Å². The zero-order valence-electron chi connectivity index (χ0n) is 49.0. The molecule has 0 heterocycles. The Bertz CT molecular complexity index is 1570. The summed E-state index contributed by atoms with van der Waals surface area (Å²) in [6.07, 6.45) is 54.8. The van der Waals surface area contributed by atoms with Crippen molar-refractivity contribution < 1.29 is 27.1 Å². The topological polar surface area (TPSA) is 55.4 Å². The first kappa shape index (κ1) is 62.9. The number of hydrogen-bond acceptors (Lipinski definition) is 6. The smallest absolute Gasteiger partial charge is 0.397 e. The van der Waals surface area contributed by atoms with Gasteiger partial charge >= 0.3 is 17.2 Å². The number of rotatable bonds is 40. The molecule has 4 fully saturated rings. The number of hydrogen-bond donors (Lipinski definition) is 0. The zero-order chi connectivity index (χ0) is 52.4. The van der Waals surface area contributed by atoms with Crippen molar-refractivity contribution in [1.29, 1.82) is 0 Å². The van der Waals surface area contributed by atoms with E-state index in [0.29, 0.717) is 23.7 Å². The maximum Gasteiger partial charge on any atom is 0.397 e. The van der Waals surface area contributed by atoms with Gasteiger partial charge in [0.25, 0.3) is 0 Å². The van der Waals surface area contributed by atoms with Crippen LogP contribution in [0.25, 0.3) is 0 Å². The van der Waals surface area contributed by atoms with Crippen molar-refractivity contribution in [3.63, 3.8) is 0 Å². The van der Waals surface area contributed by atoms with Crippen molar-refractivity contribution in [1.82, 2.24) is 0 Å². The lowest BCUT2D eigenvalue weighted by molar-refractivity contribution is 0.00597. The summed E-state index contributed by atoms with van der Waals surface area (Å²) in [5.41, 5.74) is 2.99. The molecule has 4 aliphatic carbocycles. The Hall–Kier alpha value is -1.26. The van der Waals surface area contributed by atoms with E-state index in [-0.39, 0.29) is 17.6 Å². The van der Waals surface area contributed by atoms with Crippen LogP contribution < -0.4 is 9.05 Å². The molecule has 0 aliphatic heterocycles. The van der Waals surface area contributed by atoms with Crippen molar-refractivity contribution in [2.45, 2.75) is 321 Å². The van der Waals surface area contributed by atoms with Crippen LogP contribution in [0.4, 0.5) is 0 Å². The molecule has 428 valence electrons. The van der Waals surface area contributed by atoms with Crippen molar-refractivity contribution in [3.05, 3.63) is 59.7 Å². The Morgan fingerprint density at radius 3 is 1.01 bits per heavy atom. The highest BCUT2D eigenvalue weighted by molar-refractivity contribution is 7.42. The lowest BCUT2D eigenvalue weighted by atomic mass is 9.60. The zero-order valence-corrected chi connectivity index (χ0v) is 50.8. The van der Waals surface area contributed by atoms with Crippen LogP contribution >= 0.6 is 17.2 Å². The second-order valence-corrected chi connectivity index (χ2v) is 27.0. The van der Waals surface area contributed by atoms with Gasteiger partial charge in [-0.2, -0.15) is 0 Å². The second-order valence-electron chi connectivity index (χ2n) is 24.8. The monoisotopic (exact) mass is 1080 g/mol. The van der Waals surface area contributed by atoms with Gasteiger partial charge in [-0.25, -0.2) is 0 Å². The summed E-state index contributed by atoms with van der Waals surface area (Å²) >= 11 is 0. The molecule has 0 aromatic heterocycles. The quantitative estimate of drug-likeness (QED) is 0.0490. The lowest BCUT2D eigenvalue weighted by Gasteiger charge is -2.46. The normalized spacial score (nSPS) is 22.0. The van der Waals surface area contributed by atoms with Gasteiger partial charge < -0.3 is 18.1 Å². The predicted molar refractivity (Wildman–Crippen MR) is 321 cm³/mol. The molecule has 0 saturated heterocycles. The van der Waals surface area contributed by atoms with Gasteiger partial charge in [0.2, 0.25) is 0 Å². The van der Waals surface area contributed by atoms with Gasteiger partial charge in [0.05, 0.1) is 25.4 Å². The summed E-state index contributed by atoms with van der Waals surface area (Å²) < 4.78 is 40.9. The summed E-state index contributed by atoms with van der Waals surface area (Å²) in [4.78, 5) is 0. The first-order chi connectivity index (χ1) is 36.9. The molecule has 0 N–H and O–H groups in total. The van der Waals surface area contributed by atoms with Crippen LogP contribution in [0, 0.1) is 17.3 Å². The molecule has 8 heteroatoms. The minimum absolute atomic E-state index is 0.188. The Morgan fingerprint density at radius 2 is 0.680 bits per heavy atom. The highest BCUT2D eigenvalue weighted by Crippen LogP contribution is 2.54. The molecule has 0 radical (unpaired) electrons. The van der Waals surface area contributed by atoms with E-state index in [2.05, 4.69) is 76.2 Å². The Labute approximate surface area is 465 Å². The van der Waals surface area contributed by atoms with Gasteiger partial charge in [-0.05, 0) is 142 Å². The van der Waals surface area contributed by atoms with E-state index in [1.807, 2.05) is 0 Å². The van der Waals surface area contributed by atoms with Gasteiger partial charge in [0, 0.05) is 0 Å². The molecule has 0 amide bonds. The van der Waals surface area contributed by atoms with Crippen molar-refractivity contribution >= 4 is 17.2 Å². The van der Waals surface area contributed by atoms with Crippen LogP contribution in [-0.2, 0) is 18.1 Å². The number of benzene rings is 2. The third-order valence-corrected chi connectivity index (χ3v) is 21.0. The van der Waals surface area contributed by atoms with E-state index in [4.69, 9.17) is 27.1 Å². The average molecular weight is 1080 g/mol. The summed E-state index contributed by atoms with van der Waals surface area (Å²) in [5.74, 6) is 4.53. The van der Waals surface area contributed by atoms with Crippen molar-refractivity contribution in [2.24, 2.45) is 17.3 Å². The third kappa shape index (κ3) is 24.2. The fourth-order valence-corrected chi connectivity index (χ4v) is 15.9. The molecular formula is C67H114O6P2. The van der Waals surface area contributed by atoms with E-state index in [0.717, 1.165) is 63.2 Å². The van der Waals surface area contributed by atoms with Crippen LogP contribution in [0.3, 0.4) is 0 Å². The Morgan fingerprint density at radius 1 is 0.373 bits per heavy atom. The third-order valence-electron chi connectivity index (χ3n) is 18.6. The molecule has 2 unspecified atom stereocenters. The van der Waals surface area contributed by atoms with Gasteiger partial charge in [-0.3, -0.25) is 9.05 Å². The molecule has 4 aliphatic rings. The standard InChI is InChI=1S/C67H114O6P2/c1-5-7-9-11-13-15-17-19-21-23-25-37-55-68-74(72-65-45-35-33-43-63(65)57-39-29-27-30-40-57)70-61-51-47-59(48-52-61)67(3,4)60-49-53-62(54-50-60)71-75(69-56-38-26-24-22-20-18-16-14-12-10-8-6-2)73-66-46-36-34-44-64(66)58-41-31-28-32-42-58/h33-36,43-46,57-62H,5-32,37-42,47-56H2,1-4H3. The van der Waals surface area contributed by atoms with Gasteiger partial charge in [-0.1, -0.05) is 244 Å². The highest BCUT2D eigenvalue weighted by Gasteiger charge is 2.42. The average Bonchev–Trinajstić information content (AvgIpc) is 3.44. The van der Waals surface area contributed by atoms with Crippen LogP contribution in [0.1, 0.15) is 320 Å². The minimum Gasteiger partial charge on any atom is -0.426 e. The Balaban J connectivity index is 0.951. The van der Waals surface area contributed by atoms with Crippen molar-refractivity contribution in [3.8, 4) is 11.5 Å². The molecular weight excluding hydrogens is 963 g/mol. The second kappa shape index (κ2) is 38.4. The molecule has 6 nitrogen and oxygen atoms in total. The van der Waals surface area contributed by atoms with Crippen LogP contribution in [-0.4, -0.2) is 25.4 Å². The number of para-hydroxylation sites is 2. The van der Waals surface area contributed by atoms with Crippen LogP contribution in [0.2, 0.25) is 0 Å². The van der Waals surface area contributed by atoms with E-state index in [1.165, 1.54) is 242 Å². The molecule has 0 spiro atoms. The molecule has 2 aromatic rings. The van der Waals surface area contributed by atoms with E-state index in [1.54, 1.807) is 0 Å². The van der Waals surface area contributed by atoms with Gasteiger partial charge in [-0.15, -0.1) is 0 Å². The highest BCUT2D eigenvalue weighted by atomic mass is 31.2. The summed E-state index contributed by atoms with van der Waals surface area (Å²) in [5, 5.41) is 0. The maximum absolute atomic E-state index is 6.95. The summed E-state index contributed by atoms with van der Waals surface area (Å²) in [6, 6.07) is 17.6. The fraction of sp³-hybridized carbons (Fsp3) is 0.821. The van der Waals surface area contributed by atoms with E-state index >= 15 is 0 Å². The molecule has 6 rings (SSSR count). The van der Waals surface area contributed by atoms with Crippen LogP contribution in [0.15, 0.2) is 48.5 Å². The molecule has 2 aromatic carbocycles. The van der Waals surface area contributed by atoms with Crippen LogP contribution in [0.5, 0.6) is 11.5 Å². The van der Waals surface area contributed by atoms with E-state index < -0.39 is 17.2 Å². The van der Waals surface area contributed by atoms with Gasteiger partial charge in [0.1, 0.15) is 11.5 Å². The largest absolute Gasteiger partial charge is 0.426 e. The van der Waals surface area contributed by atoms with E-state index in [9.17, 15) is 0 Å². The first-order valence-electron chi connectivity index (χ1n) is 32.7. The van der Waals surface area contributed by atoms with Crippen molar-refractivity contribution in [2.75, 3.05) is 13.2 Å². The lowest BCUT2D eigenvalue weighted by Crippen LogP contribution is -2.39. The number of unbranched alkanes of at least 4 members (excludes halogenated alkanes) is 22.